The molecule has 2 rings (SSSR count). The Hall–Kier alpha value is -2.22. The smallest absolute Gasteiger partial charge is 0.305 e. The minimum Gasteiger partial charge on any atom is -0.491 e. The number of carbonyl (C=O) groups excluding carboxylic acids is 1. The second-order valence-corrected chi connectivity index (χ2v) is 5.73. The first kappa shape index (κ1) is 18.1. The van der Waals surface area contributed by atoms with Gasteiger partial charge in [0.25, 0.3) is 0 Å². The Morgan fingerprint density at radius 1 is 1.38 bits per heavy atom. The van der Waals surface area contributed by atoms with Crippen molar-refractivity contribution in [2.75, 3.05) is 19.8 Å². The predicted octanol–water partition coefficient (Wildman–Crippen LogP) is 1.87. The molecule has 0 saturated carbocycles. The van der Waals surface area contributed by atoms with Crippen LogP contribution in [0.1, 0.15) is 25.7 Å². The summed E-state index contributed by atoms with van der Waals surface area (Å²) in [6, 6.07) is 2.99. The number of nitrogens with one attached hydrogen (secondary N) is 1. The molecule has 1 aromatic carbocycles. The van der Waals surface area contributed by atoms with E-state index < -0.39 is 23.1 Å². The van der Waals surface area contributed by atoms with Crippen LogP contribution in [0.4, 0.5) is 8.78 Å². The van der Waals surface area contributed by atoms with Gasteiger partial charge in [0, 0.05) is 19.1 Å². The molecular weight excluding hydrogens is 324 g/mol. The van der Waals surface area contributed by atoms with Gasteiger partial charge in [0.2, 0.25) is 5.91 Å². The second kappa shape index (κ2) is 8.05. The molecule has 1 aliphatic rings. The van der Waals surface area contributed by atoms with Gasteiger partial charge in [0.05, 0.1) is 25.2 Å². The Morgan fingerprint density at radius 3 is 2.79 bits per heavy atom. The van der Waals surface area contributed by atoms with Gasteiger partial charge in [-0.2, -0.15) is 0 Å². The van der Waals surface area contributed by atoms with E-state index >= 15 is 0 Å². The van der Waals surface area contributed by atoms with Crippen LogP contribution >= 0.6 is 0 Å². The Labute approximate surface area is 137 Å². The van der Waals surface area contributed by atoms with Crippen molar-refractivity contribution in [2.24, 2.45) is 0 Å². The number of halogens is 2. The van der Waals surface area contributed by atoms with Crippen LogP contribution in [-0.4, -0.2) is 42.3 Å². The lowest BCUT2D eigenvalue weighted by molar-refractivity contribution is -0.139. The monoisotopic (exact) mass is 343 g/mol. The molecule has 0 aliphatic carbocycles. The highest BCUT2D eigenvalue weighted by Gasteiger charge is 2.38. The number of benzene rings is 1. The van der Waals surface area contributed by atoms with Gasteiger partial charge in [-0.25, -0.2) is 8.78 Å². The summed E-state index contributed by atoms with van der Waals surface area (Å²) in [6.07, 6.45) is 0.662. The van der Waals surface area contributed by atoms with Crippen LogP contribution in [-0.2, 0) is 14.3 Å². The molecule has 0 spiro atoms. The minimum absolute atomic E-state index is 0.0802. The molecule has 2 N–H and O–H groups in total. The van der Waals surface area contributed by atoms with Crippen LogP contribution in [0.25, 0.3) is 0 Å². The molecule has 24 heavy (non-hydrogen) atoms. The molecular formula is C16H19F2NO5. The Kier molecular flexibility index (Phi) is 6.08. The SMILES string of the molecule is O=C(O)CC1(NC(=O)CCCOc2ccc(F)cc2F)CCOC1. The molecule has 1 heterocycles. The first-order chi connectivity index (χ1) is 11.4. The maximum Gasteiger partial charge on any atom is 0.305 e. The molecule has 6 nitrogen and oxygen atoms in total. The summed E-state index contributed by atoms with van der Waals surface area (Å²) in [5.74, 6) is -2.89. The Morgan fingerprint density at radius 2 is 2.17 bits per heavy atom. The van der Waals surface area contributed by atoms with Crippen molar-refractivity contribution in [1.82, 2.24) is 5.32 Å². The molecule has 1 unspecified atom stereocenters. The quantitative estimate of drug-likeness (QED) is 0.704. The van der Waals surface area contributed by atoms with Gasteiger partial charge in [0.1, 0.15) is 5.82 Å². The average Bonchev–Trinajstić information content (AvgIpc) is 2.92. The number of amides is 1. The van der Waals surface area contributed by atoms with Crippen LogP contribution in [0.3, 0.4) is 0 Å². The third-order valence-electron chi connectivity index (χ3n) is 3.70. The molecule has 1 saturated heterocycles. The maximum absolute atomic E-state index is 13.4. The van der Waals surface area contributed by atoms with E-state index in [4.69, 9.17) is 14.6 Å². The minimum atomic E-state index is -1.00. The van der Waals surface area contributed by atoms with Gasteiger partial charge in [-0.3, -0.25) is 9.59 Å². The number of aliphatic carboxylic acids is 1. The first-order valence-electron chi connectivity index (χ1n) is 7.59. The zero-order chi connectivity index (χ0) is 17.6. The fraction of sp³-hybridized carbons (Fsp3) is 0.500. The van der Waals surface area contributed by atoms with Gasteiger partial charge in [-0.05, 0) is 25.0 Å². The van der Waals surface area contributed by atoms with Crippen molar-refractivity contribution < 1.29 is 33.0 Å². The number of carboxylic acid groups (broad SMARTS) is 1. The van der Waals surface area contributed by atoms with Gasteiger partial charge in [-0.15, -0.1) is 0 Å². The lowest BCUT2D eigenvalue weighted by Gasteiger charge is -2.27. The van der Waals surface area contributed by atoms with Crippen molar-refractivity contribution >= 4 is 11.9 Å². The lowest BCUT2D eigenvalue weighted by atomic mass is 9.94. The predicted molar refractivity (Wildman–Crippen MR) is 79.6 cm³/mol. The summed E-state index contributed by atoms with van der Waals surface area (Å²) >= 11 is 0. The van der Waals surface area contributed by atoms with Crippen molar-refractivity contribution in [3.63, 3.8) is 0 Å². The van der Waals surface area contributed by atoms with Crippen LogP contribution in [0.15, 0.2) is 18.2 Å². The number of hydrogen-bond acceptors (Lipinski definition) is 4. The largest absolute Gasteiger partial charge is 0.491 e. The van der Waals surface area contributed by atoms with E-state index in [0.29, 0.717) is 19.4 Å². The highest BCUT2D eigenvalue weighted by atomic mass is 19.1. The molecule has 0 bridgehead atoms. The molecule has 1 amide bonds. The van der Waals surface area contributed by atoms with Crippen molar-refractivity contribution in [1.29, 1.82) is 0 Å². The number of carbonyl (C=O) groups is 2. The summed E-state index contributed by atoms with van der Waals surface area (Å²) in [5.41, 5.74) is -0.868. The second-order valence-electron chi connectivity index (χ2n) is 5.73. The van der Waals surface area contributed by atoms with E-state index in [-0.39, 0.29) is 37.7 Å². The zero-order valence-corrected chi connectivity index (χ0v) is 13.0. The fourth-order valence-electron chi connectivity index (χ4n) is 2.54. The van der Waals surface area contributed by atoms with Crippen molar-refractivity contribution in [3.8, 4) is 5.75 Å². The summed E-state index contributed by atoms with van der Waals surface area (Å²) in [7, 11) is 0. The molecule has 1 fully saturated rings. The van der Waals surface area contributed by atoms with E-state index in [2.05, 4.69) is 5.32 Å². The van der Waals surface area contributed by atoms with Gasteiger partial charge < -0.3 is 19.9 Å². The number of hydrogen-bond donors (Lipinski definition) is 2. The average molecular weight is 343 g/mol. The topological polar surface area (TPSA) is 84.9 Å². The maximum atomic E-state index is 13.4. The Balaban J connectivity index is 1.75. The normalized spacial score (nSPS) is 19.9. The Bertz CT molecular complexity index is 602. The number of ether oxygens (including phenoxy) is 2. The lowest BCUT2D eigenvalue weighted by Crippen LogP contribution is -2.50. The van der Waals surface area contributed by atoms with Crippen molar-refractivity contribution in [3.05, 3.63) is 29.8 Å². The third-order valence-corrected chi connectivity index (χ3v) is 3.70. The molecule has 1 aromatic rings. The van der Waals surface area contributed by atoms with Gasteiger partial charge >= 0.3 is 5.97 Å². The standard InChI is InChI=1S/C16H19F2NO5/c17-11-3-4-13(12(18)8-11)24-6-1-2-14(20)19-16(9-15(21)22)5-7-23-10-16/h3-4,8H,1-2,5-7,9-10H2,(H,19,20)(H,21,22). The summed E-state index contributed by atoms with van der Waals surface area (Å²) in [5, 5.41) is 11.7. The van der Waals surface area contributed by atoms with E-state index in [1.165, 1.54) is 6.07 Å². The van der Waals surface area contributed by atoms with E-state index in [1.807, 2.05) is 0 Å². The van der Waals surface area contributed by atoms with Crippen molar-refractivity contribution in [2.45, 2.75) is 31.2 Å². The molecule has 8 heteroatoms. The van der Waals surface area contributed by atoms with Gasteiger partial charge in [-0.1, -0.05) is 0 Å². The zero-order valence-electron chi connectivity index (χ0n) is 13.0. The molecule has 0 radical (unpaired) electrons. The third kappa shape index (κ3) is 5.16. The molecule has 1 aliphatic heterocycles. The first-order valence-corrected chi connectivity index (χ1v) is 7.59. The molecule has 1 atom stereocenters. The van der Waals surface area contributed by atoms with Crippen LogP contribution in [0, 0.1) is 11.6 Å². The molecule has 0 aromatic heterocycles. The van der Waals surface area contributed by atoms with Crippen LogP contribution < -0.4 is 10.1 Å². The highest BCUT2D eigenvalue weighted by Crippen LogP contribution is 2.23. The van der Waals surface area contributed by atoms with Crippen LogP contribution in [0.5, 0.6) is 5.75 Å². The summed E-state index contributed by atoms with van der Waals surface area (Å²) < 4.78 is 36.5. The number of rotatable bonds is 8. The molecule has 132 valence electrons. The van der Waals surface area contributed by atoms with E-state index in [9.17, 15) is 18.4 Å². The summed E-state index contributed by atoms with van der Waals surface area (Å²) in [4.78, 5) is 22.9. The van der Waals surface area contributed by atoms with E-state index in [0.717, 1.165) is 12.1 Å². The fourth-order valence-corrected chi connectivity index (χ4v) is 2.54. The van der Waals surface area contributed by atoms with Gasteiger partial charge in [0.15, 0.2) is 11.6 Å². The number of carboxylic acids is 1. The highest BCUT2D eigenvalue weighted by molar-refractivity contribution is 5.78. The van der Waals surface area contributed by atoms with E-state index in [1.54, 1.807) is 0 Å². The van der Waals surface area contributed by atoms with Crippen LogP contribution in [0.2, 0.25) is 0 Å². The summed E-state index contributed by atoms with van der Waals surface area (Å²) in [6.45, 7) is 0.654.